The Morgan fingerprint density at radius 2 is 1.89 bits per heavy atom. The van der Waals surface area contributed by atoms with Crippen molar-refractivity contribution in [3.63, 3.8) is 0 Å². The summed E-state index contributed by atoms with van der Waals surface area (Å²) in [5, 5.41) is 8.30. The first-order valence-corrected chi connectivity index (χ1v) is 6.67. The van der Waals surface area contributed by atoms with Gasteiger partial charge in [-0.05, 0) is 30.2 Å². The van der Waals surface area contributed by atoms with Gasteiger partial charge in [0.2, 0.25) is 0 Å². The van der Waals surface area contributed by atoms with Crippen LogP contribution in [0.5, 0.6) is 0 Å². The Balaban J connectivity index is 2.07. The molecule has 0 bridgehead atoms. The highest BCUT2D eigenvalue weighted by atomic mass is 79.9. The molecule has 0 radical (unpaired) electrons. The molecule has 90 valence electrons. The predicted octanol–water partition coefficient (Wildman–Crippen LogP) is 4.10. The van der Waals surface area contributed by atoms with Gasteiger partial charge in [0.1, 0.15) is 5.84 Å². The summed E-state index contributed by atoms with van der Waals surface area (Å²) in [7, 11) is 0. The minimum atomic E-state index is 0.590. The highest BCUT2D eigenvalue weighted by Gasteiger charge is 2.25. The highest BCUT2D eigenvalue weighted by Crippen LogP contribution is 2.33. The zero-order valence-corrected chi connectivity index (χ0v) is 11.7. The van der Waals surface area contributed by atoms with Crippen LogP contribution >= 0.6 is 15.9 Å². The maximum atomic E-state index is 8.30. The normalized spacial score (nSPS) is 13.9. The molecule has 0 saturated carbocycles. The smallest absolute Gasteiger partial charge is 0.133 e. The van der Waals surface area contributed by atoms with E-state index in [4.69, 9.17) is 5.41 Å². The van der Waals surface area contributed by atoms with Crippen LogP contribution in [0.4, 0.5) is 5.69 Å². The predicted molar refractivity (Wildman–Crippen MR) is 78.3 cm³/mol. The SMILES string of the molecule is Cc1c(Br)cccc1N1Cc2ccccc2C1=N. The Hall–Kier alpha value is -1.61. The number of amidine groups is 1. The minimum Gasteiger partial charge on any atom is -0.322 e. The number of hydrogen-bond donors (Lipinski definition) is 1. The van der Waals surface area contributed by atoms with E-state index in [1.54, 1.807) is 0 Å². The number of nitrogens with one attached hydrogen (secondary N) is 1. The van der Waals surface area contributed by atoms with Gasteiger partial charge in [-0.15, -0.1) is 0 Å². The monoisotopic (exact) mass is 300 g/mol. The molecule has 0 atom stereocenters. The molecule has 3 rings (SSSR count). The number of nitrogens with zero attached hydrogens (tertiary/aromatic N) is 1. The molecule has 0 saturated heterocycles. The van der Waals surface area contributed by atoms with E-state index >= 15 is 0 Å². The molecule has 0 fully saturated rings. The summed E-state index contributed by atoms with van der Waals surface area (Å²) < 4.78 is 1.09. The summed E-state index contributed by atoms with van der Waals surface area (Å²) in [6.45, 7) is 2.86. The number of fused-ring (bicyclic) bond motifs is 1. The molecule has 18 heavy (non-hydrogen) atoms. The fraction of sp³-hybridized carbons (Fsp3) is 0.133. The number of rotatable bonds is 1. The maximum absolute atomic E-state index is 8.30. The van der Waals surface area contributed by atoms with Crippen LogP contribution in [0, 0.1) is 12.3 Å². The molecule has 2 aromatic carbocycles. The van der Waals surface area contributed by atoms with Gasteiger partial charge in [0, 0.05) is 15.7 Å². The molecule has 1 aliphatic rings. The molecular formula is C15H13BrN2. The number of hydrogen-bond acceptors (Lipinski definition) is 1. The van der Waals surface area contributed by atoms with Gasteiger partial charge in [0.25, 0.3) is 0 Å². The number of benzene rings is 2. The van der Waals surface area contributed by atoms with Gasteiger partial charge >= 0.3 is 0 Å². The lowest BCUT2D eigenvalue weighted by Gasteiger charge is -2.21. The van der Waals surface area contributed by atoms with E-state index in [0.717, 1.165) is 22.3 Å². The van der Waals surface area contributed by atoms with E-state index < -0.39 is 0 Å². The minimum absolute atomic E-state index is 0.590. The Bertz CT molecular complexity index is 634. The van der Waals surface area contributed by atoms with Gasteiger partial charge in [-0.2, -0.15) is 0 Å². The summed E-state index contributed by atoms with van der Waals surface area (Å²) in [5.41, 5.74) is 4.54. The summed E-state index contributed by atoms with van der Waals surface area (Å²) in [4.78, 5) is 2.06. The molecule has 0 aromatic heterocycles. The van der Waals surface area contributed by atoms with Crippen molar-refractivity contribution in [3.05, 3.63) is 63.6 Å². The van der Waals surface area contributed by atoms with Gasteiger partial charge in [-0.25, -0.2) is 0 Å². The van der Waals surface area contributed by atoms with Crippen LogP contribution in [-0.2, 0) is 6.54 Å². The first-order valence-electron chi connectivity index (χ1n) is 5.88. The number of halogens is 1. The second-order valence-electron chi connectivity index (χ2n) is 4.48. The molecule has 1 aliphatic heterocycles. The zero-order valence-electron chi connectivity index (χ0n) is 10.1. The second kappa shape index (κ2) is 4.25. The molecule has 1 N–H and O–H groups in total. The summed E-state index contributed by atoms with van der Waals surface area (Å²) >= 11 is 3.55. The van der Waals surface area contributed by atoms with Crippen molar-refractivity contribution < 1.29 is 0 Å². The van der Waals surface area contributed by atoms with Crippen LogP contribution in [-0.4, -0.2) is 5.84 Å². The Morgan fingerprint density at radius 3 is 2.67 bits per heavy atom. The molecule has 0 aliphatic carbocycles. The highest BCUT2D eigenvalue weighted by molar-refractivity contribution is 9.10. The van der Waals surface area contributed by atoms with Crippen LogP contribution in [0.25, 0.3) is 0 Å². The third kappa shape index (κ3) is 1.66. The summed E-state index contributed by atoms with van der Waals surface area (Å²) in [6, 6.07) is 14.3. The maximum Gasteiger partial charge on any atom is 0.133 e. The lowest BCUT2D eigenvalue weighted by Crippen LogP contribution is -2.23. The topological polar surface area (TPSA) is 27.1 Å². The standard InChI is InChI=1S/C15H13BrN2/c1-10-13(16)7-4-8-14(10)18-9-11-5-2-3-6-12(11)15(18)17/h2-8,17H,9H2,1H3. The van der Waals surface area contributed by atoms with E-state index in [-0.39, 0.29) is 0 Å². The first kappa shape index (κ1) is 11.5. The lowest BCUT2D eigenvalue weighted by molar-refractivity contribution is 1.04. The van der Waals surface area contributed by atoms with Crippen molar-refractivity contribution in [3.8, 4) is 0 Å². The molecule has 2 nitrogen and oxygen atoms in total. The Morgan fingerprint density at radius 1 is 1.11 bits per heavy atom. The summed E-state index contributed by atoms with van der Waals surface area (Å²) in [5.74, 6) is 0.590. The average Bonchev–Trinajstić information content (AvgIpc) is 2.71. The van der Waals surface area contributed by atoms with Gasteiger partial charge in [0.05, 0.1) is 6.54 Å². The van der Waals surface area contributed by atoms with Gasteiger partial charge in [-0.3, -0.25) is 5.41 Å². The quantitative estimate of drug-likeness (QED) is 0.843. The molecule has 1 heterocycles. The van der Waals surface area contributed by atoms with Crippen molar-refractivity contribution in [1.29, 1.82) is 5.41 Å². The molecule has 3 heteroatoms. The molecular weight excluding hydrogens is 288 g/mol. The fourth-order valence-corrected chi connectivity index (χ4v) is 2.73. The van der Waals surface area contributed by atoms with Gasteiger partial charge < -0.3 is 4.90 Å². The van der Waals surface area contributed by atoms with Crippen LogP contribution in [0.3, 0.4) is 0 Å². The van der Waals surface area contributed by atoms with Crippen molar-refractivity contribution in [2.45, 2.75) is 13.5 Å². The fourth-order valence-electron chi connectivity index (χ4n) is 2.38. The van der Waals surface area contributed by atoms with Crippen LogP contribution in [0.1, 0.15) is 16.7 Å². The largest absolute Gasteiger partial charge is 0.322 e. The zero-order chi connectivity index (χ0) is 12.7. The number of anilines is 1. The van der Waals surface area contributed by atoms with E-state index in [9.17, 15) is 0 Å². The van der Waals surface area contributed by atoms with Gasteiger partial charge in [0.15, 0.2) is 0 Å². The third-order valence-electron chi connectivity index (χ3n) is 3.40. The van der Waals surface area contributed by atoms with Crippen molar-refractivity contribution in [1.82, 2.24) is 0 Å². The van der Waals surface area contributed by atoms with Crippen LogP contribution < -0.4 is 4.90 Å². The van der Waals surface area contributed by atoms with E-state index in [2.05, 4.69) is 39.9 Å². The molecule has 0 spiro atoms. The Kier molecular flexibility index (Phi) is 2.71. The third-order valence-corrected chi connectivity index (χ3v) is 4.26. The van der Waals surface area contributed by atoms with E-state index in [1.165, 1.54) is 11.1 Å². The second-order valence-corrected chi connectivity index (χ2v) is 5.33. The molecule has 0 amide bonds. The van der Waals surface area contributed by atoms with E-state index in [1.807, 2.05) is 30.3 Å². The molecule has 0 unspecified atom stereocenters. The van der Waals surface area contributed by atoms with Crippen LogP contribution in [0.2, 0.25) is 0 Å². The Labute approximate surface area is 115 Å². The van der Waals surface area contributed by atoms with Crippen molar-refractivity contribution in [2.75, 3.05) is 4.90 Å². The van der Waals surface area contributed by atoms with E-state index in [0.29, 0.717) is 5.84 Å². The lowest BCUT2D eigenvalue weighted by atomic mass is 10.1. The van der Waals surface area contributed by atoms with Crippen molar-refractivity contribution >= 4 is 27.5 Å². The van der Waals surface area contributed by atoms with Crippen molar-refractivity contribution in [2.24, 2.45) is 0 Å². The van der Waals surface area contributed by atoms with Gasteiger partial charge in [-0.1, -0.05) is 46.3 Å². The summed E-state index contributed by atoms with van der Waals surface area (Å²) in [6.07, 6.45) is 0. The molecule has 2 aromatic rings. The van der Waals surface area contributed by atoms with Crippen LogP contribution in [0.15, 0.2) is 46.9 Å². The average molecular weight is 301 g/mol. The first-order chi connectivity index (χ1) is 8.68.